The molecule has 22 heavy (non-hydrogen) atoms. The molecule has 0 spiro atoms. The molecule has 0 bridgehead atoms. The summed E-state index contributed by atoms with van der Waals surface area (Å²) in [5.41, 5.74) is 4.31. The van der Waals surface area contributed by atoms with Crippen molar-refractivity contribution in [3.05, 3.63) is 65.7 Å². The average molecular weight is 300 g/mol. The van der Waals surface area contributed by atoms with Crippen LogP contribution < -0.4 is 15.5 Å². The van der Waals surface area contributed by atoms with E-state index < -0.39 is 0 Å². The fourth-order valence-corrected chi connectivity index (χ4v) is 1.89. The van der Waals surface area contributed by atoms with E-state index in [0.29, 0.717) is 19.8 Å². The number of rotatable bonds is 7. The molecule has 0 radical (unpaired) electrons. The van der Waals surface area contributed by atoms with Gasteiger partial charge < -0.3 is 10.1 Å². The van der Waals surface area contributed by atoms with Gasteiger partial charge in [0.05, 0.1) is 13.2 Å². The molecular formula is C17H20N2O3. The minimum atomic E-state index is -0.377. The van der Waals surface area contributed by atoms with Gasteiger partial charge in [0.15, 0.2) is 0 Å². The zero-order valence-corrected chi connectivity index (χ0v) is 12.5. The topological polar surface area (TPSA) is 59.6 Å². The Kier molecular flexibility index (Phi) is 6.26. The van der Waals surface area contributed by atoms with Crippen LogP contribution in [0.4, 0.5) is 4.79 Å². The lowest BCUT2D eigenvalue weighted by molar-refractivity contribution is 0.0490. The molecule has 5 heteroatoms. The third kappa shape index (κ3) is 5.46. The van der Waals surface area contributed by atoms with Gasteiger partial charge >= 0.3 is 6.03 Å². The highest BCUT2D eigenvalue weighted by molar-refractivity contribution is 5.72. The van der Waals surface area contributed by atoms with Gasteiger partial charge in [-0.25, -0.2) is 10.3 Å². The number of carbonyl (C=O) groups is 1. The molecule has 0 heterocycles. The predicted octanol–water partition coefficient (Wildman–Crippen LogP) is 3.02. The summed E-state index contributed by atoms with van der Waals surface area (Å²) >= 11 is 0. The first-order valence-corrected chi connectivity index (χ1v) is 7.19. The van der Waals surface area contributed by atoms with Crippen molar-refractivity contribution >= 4 is 6.03 Å². The van der Waals surface area contributed by atoms with E-state index in [2.05, 4.69) is 10.8 Å². The van der Waals surface area contributed by atoms with Crippen LogP contribution in [0, 0.1) is 0 Å². The van der Waals surface area contributed by atoms with E-state index in [-0.39, 0.29) is 6.03 Å². The first kappa shape index (κ1) is 15.9. The van der Waals surface area contributed by atoms with Crippen LogP contribution in [-0.2, 0) is 18.0 Å². The zero-order chi connectivity index (χ0) is 15.6. The van der Waals surface area contributed by atoms with Gasteiger partial charge in [0.25, 0.3) is 0 Å². The Morgan fingerprint density at radius 2 is 1.82 bits per heavy atom. The largest absolute Gasteiger partial charge is 0.494 e. The standard InChI is InChI=1S/C17H20N2O3/c1-2-21-16-10-6-9-15(11-16)12-18-17(20)19-22-13-14-7-4-3-5-8-14/h3-11H,2,12-13H2,1H3,(H2,18,19,20). The summed E-state index contributed by atoms with van der Waals surface area (Å²) < 4.78 is 5.41. The second kappa shape index (κ2) is 8.69. The van der Waals surface area contributed by atoms with Crippen LogP contribution in [0.3, 0.4) is 0 Å². The van der Waals surface area contributed by atoms with Gasteiger partial charge in [0.1, 0.15) is 5.75 Å². The van der Waals surface area contributed by atoms with Gasteiger partial charge in [-0.2, -0.15) is 0 Å². The van der Waals surface area contributed by atoms with E-state index in [1.807, 2.05) is 61.5 Å². The molecular weight excluding hydrogens is 280 g/mol. The van der Waals surface area contributed by atoms with Crippen molar-refractivity contribution in [2.24, 2.45) is 0 Å². The predicted molar refractivity (Wildman–Crippen MR) is 84.2 cm³/mol. The maximum absolute atomic E-state index is 11.6. The number of hydrogen-bond donors (Lipinski definition) is 2. The van der Waals surface area contributed by atoms with Crippen LogP contribution in [0.2, 0.25) is 0 Å². The summed E-state index contributed by atoms with van der Waals surface area (Å²) in [6.07, 6.45) is 0. The van der Waals surface area contributed by atoms with Crippen LogP contribution in [0.5, 0.6) is 5.75 Å². The SMILES string of the molecule is CCOc1cccc(CNC(=O)NOCc2ccccc2)c1. The summed E-state index contributed by atoms with van der Waals surface area (Å²) in [6, 6.07) is 16.9. The van der Waals surface area contributed by atoms with Gasteiger partial charge in [-0.15, -0.1) is 0 Å². The fraction of sp³-hybridized carbons (Fsp3) is 0.235. The molecule has 2 N–H and O–H groups in total. The average Bonchev–Trinajstić information content (AvgIpc) is 2.55. The molecule has 0 aromatic heterocycles. The second-order valence-corrected chi connectivity index (χ2v) is 4.64. The number of urea groups is 1. The maximum Gasteiger partial charge on any atom is 0.338 e. The van der Waals surface area contributed by atoms with E-state index in [9.17, 15) is 4.79 Å². The van der Waals surface area contributed by atoms with Crippen LogP contribution in [0.1, 0.15) is 18.1 Å². The minimum absolute atomic E-state index is 0.327. The van der Waals surface area contributed by atoms with Crippen LogP contribution in [0.15, 0.2) is 54.6 Å². The van der Waals surface area contributed by atoms with Crippen molar-refractivity contribution < 1.29 is 14.4 Å². The van der Waals surface area contributed by atoms with Gasteiger partial charge in [0.2, 0.25) is 0 Å². The highest BCUT2D eigenvalue weighted by Crippen LogP contribution is 2.12. The molecule has 0 aliphatic rings. The number of benzene rings is 2. The van der Waals surface area contributed by atoms with Crippen LogP contribution in [0.25, 0.3) is 0 Å². The molecule has 2 aromatic rings. The van der Waals surface area contributed by atoms with Gasteiger partial charge in [0, 0.05) is 6.54 Å². The third-order valence-corrected chi connectivity index (χ3v) is 2.91. The van der Waals surface area contributed by atoms with Crippen LogP contribution >= 0.6 is 0 Å². The van der Waals surface area contributed by atoms with E-state index in [1.165, 1.54) is 0 Å². The smallest absolute Gasteiger partial charge is 0.338 e. The lowest BCUT2D eigenvalue weighted by Crippen LogP contribution is -2.34. The maximum atomic E-state index is 11.6. The number of ether oxygens (including phenoxy) is 1. The summed E-state index contributed by atoms with van der Waals surface area (Å²) in [6.45, 7) is 3.28. The molecule has 2 amide bonds. The fourth-order valence-electron chi connectivity index (χ4n) is 1.89. The summed E-state index contributed by atoms with van der Waals surface area (Å²) in [5.74, 6) is 0.794. The first-order chi connectivity index (χ1) is 10.8. The second-order valence-electron chi connectivity index (χ2n) is 4.64. The molecule has 0 unspecified atom stereocenters. The van der Waals surface area contributed by atoms with Crippen molar-refractivity contribution in [2.45, 2.75) is 20.1 Å². The van der Waals surface area contributed by atoms with Gasteiger partial charge in [-0.1, -0.05) is 42.5 Å². The molecule has 2 aromatic carbocycles. The molecule has 0 saturated carbocycles. The molecule has 0 aliphatic carbocycles. The number of hydroxylamine groups is 1. The first-order valence-electron chi connectivity index (χ1n) is 7.19. The molecule has 0 saturated heterocycles. The van der Waals surface area contributed by atoms with E-state index in [4.69, 9.17) is 9.57 Å². The Morgan fingerprint density at radius 1 is 1.05 bits per heavy atom. The number of carbonyl (C=O) groups excluding carboxylic acids is 1. The van der Waals surface area contributed by atoms with E-state index >= 15 is 0 Å². The van der Waals surface area contributed by atoms with Crippen molar-refractivity contribution in [3.8, 4) is 5.75 Å². The molecule has 0 aliphatic heterocycles. The van der Waals surface area contributed by atoms with Crippen molar-refractivity contribution in [2.75, 3.05) is 6.61 Å². The summed E-state index contributed by atoms with van der Waals surface area (Å²) in [5, 5.41) is 2.72. The Bertz CT molecular complexity index is 587. The monoisotopic (exact) mass is 300 g/mol. The van der Waals surface area contributed by atoms with Crippen molar-refractivity contribution in [1.82, 2.24) is 10.8 Å². The summed E-state index contributed by atoms with van der Waals surface area (Å²) in [4.78, 5) is 16.8. The molecule has 0 fully saturated rings. The third-order valence-electron chi connectivity index (χ3n) is 2.91. The number of hydrogen-bond acceptors (Lipinski definition) is 3. The highest BCUT2D eigenvalue weighted by atomic mass is 16.7. The molecule has 2 rings (SSSR count). The van der Waals surface area contributed by atoms with Crippen molar-refractivity contribution in [1.29, 1.82) is 0 Å². The Hall–Kier alpha value is -2.53. The Labute approximate surface area is 130 Å². The minimum Gasteiger partial charge on any atom is -0.494 e. The van der Waals surface area contributed by atoms with Gasteiger partial charge in [-0.05, 0) is 30.2 Å². The van der Waals surface area contributed by atoms with E-state index in [0.717, 1.165) is 16.9 Å². The highest BCUT2D eigenvalue weighted by Gasteiger charge is 2.02. The lowest BCUT2D eigenvalue weighted by atomic mass is 10.2. The Morgan fingerprint density at radius 3 is 2.59 bits per heavy atom. The lowest BCUT2D eigenvalue weighted by Gasteiger charge is -2.09. The molecule has 116 valence electrons. The quantitative estimate of drug-likeness (QED) is 0.773. The van der Waals surface area contributed by atoms with Gasteiger partial charge in [-0.3, -0.25) is 4.84 Å². The zero-order valence-electron chi connectivity index (χ0n) is 12.5. The number of nitrogens with one attached hydrogen (secondary N) is 2. The Balaban J connectivity index is 1.70. The van der Waals surface area contributed by atoms with Crippen LogP contribution in [-0.4, -0.2) is 12.6 Å². The molecule has 0 atom stereocenters. The normalized spacial score (nSPS) is 10.0. The molecule has 5 nitrogen and oxygen atoms in total. The summed E-state index contributed by atoms with van der Waals surface area (Å²) in [7, 11) is 0. The van der Waals surface area contributed by atoms with Crippen molar-refractivity contribution in [3.63, 3.8) is 0 Å². The van der Waals surface area contributed by atoms with E-state index in [1.54, 1.807) is 0 Å². The number of amides is 2.